The topological polar surface area (TPSA) is 55.0 Å². The zero-order chi connectivity index (χ0) is 22.4. The van der Waals surface area contributed by atoms with Crippen LogP contribution in [0.3, 0.4) is 0 Å². The molecule has 2 aromatic heterocycles. The molecule has 6 heteroatoms. The highest BCUT2D eigenvalue weighted by atomic mass is 35.5. The van der Waals surface area contributed by atoms with Crippen molar-refractivity contribution in [1.82, 2.24) is 9.97 Å². The Bertz CT molecular complexity index is 1200. The predicted octanol–water partition coefficient (Wildman–Crippen LogP) is 7.37. The quantitative estimate of drug-likeness (QED) is 0.295. The molecule has 0 fully saturated rings. The first-order chi connectivity index (χ1) is 15.1. The lowest BCUT2D eigenvalue weighted by Gasteiger charge is -2.11. The van der Waals surface area contributed by atoms with Crippen molar-refractivity contribution >= 4 is 44.3 Å². The number of nitrogens with zero attached hydrogens (tertiary/aromatic N) is 1. The lowest BCUT2D eigenvalue weighted by atomic mass is 9.99. The van der Waals surface area contributed by atoms with Crippen molar-refractivity contribution in [2.45, 2.75) is 45.4 Å². The molecule has 0 spiro atoms. The Morgan fingerprint density at radius 2 is 1.94 bits per heavy atom. The third kappa shape index (κ3) is 4.94. The standard InChI is InChI=1S/C23H23ClN2O2S.C2H6/c1-3-5-11-28-20-10-9-18(15-7-6-8-17(12-15)29(27)4-2)21-19-13-16(24)14-25-23(19)26-22(20)21;1-2/h6-10,12-14H,3-5,11H2,1-2H3,(H,25,26);1-2H3. The van der Waals surface area contributed by atoms with Crippen molar-refractivity contribution in [3.8, 4) is 16.9 Å². The van der Waals surface area contributed by atoms with Crippen molar-refractivity contribution in [2.75, 3.05) is 12.4 Å². The summed E-state index contributed by atoms with van der Waals surface area (Å²) < 4.78 is 18.4. The predicted molar refractivity (Wildman–Crippen MR) is 133 cm³/mol. The summed E-state index contributed by atoms with van der Waals surface area (Å²) >= 11 is 6.25. The molecule has 2 heterocycles. The largest absolute Gasteiger partial charge is 0.491 e. The number of rotatable bonds is 7. The Kier molecular flexibility index (Phi) is 8.10. The Hall–Kier alpha value is -2.37. The van der Waals surface area contributed by atoms with E-state index in [-0.39, 0.29) is 0 Å². The van der Waals surface area contributed by atoms with Gasteiger partial charge in [-0.15, -0.1) is 0 Å². The molecule has 2 aromatic carbocycles. The number of fused-ring (bicyclic) bond motifs is 3. The van der Waals surface area contributed by atoms with Gasteiger partial charge in [-0.3, -0.25) is 4.21 Å². The maximum atomic E-state index is 12.3. The van der Waals surface area contributed by atoms with E-state index in [0.29, 0.717) is 17.4 Å². The molecule has 4 aromatic rings. The van der Waals surface area contributed by atoms with Crippen LogP contribution >= 0.6 is 11.6 Å². The number of aromatic amines is 1. The summed E-state index contributed by atoms with van der Waals surface area (Å²) in [4.78, 5) is 8.69. The molecule has 0 amide bonds. The van der Waals surface area contributed by atoms with E-state index in [1.54, 1.807) is 6.20 Å². The van der Waals surface area contributed by atoms with Crippen molar-refractivity contribution in [3.63, 3.8) is 0 Å². The van der Waals surface area contributed by atoms with Gasteiger partial charge in [-0.1, -0.05) is 57.8 Å². The molecule has 0 aliphatic carbocycles. The van der Waals surface area contributed by atoms with Crippen molar-refractivity contribution in [2.24, 2.45) is 0 Å². The highest BCUT2D eigenvalue weighted by molar-refractivity contribution is 7.85. The van der Waals surface area contributed by atoms with Gasteiger partial charge in [0.25, 0.3) is 0 Å². The maximum absolute atomic E-state index is 12.3. The normalized spacial score (nSPS) is 11.9. The van der Waals surface area contributed by atoms with Gasteiger partial charge in [0.05, 0.1) is 27.9 Å². The van der Waals surface area contributed by atoms with Gasteiger partial charge >= 0.3 is 0 Å². The van der Waals surface area contributed by atoms with Gasteiger partial charge in [0.2, 0.25) is 0 Å². The minimum Gasteiger partial charge on any atom is -0.491 e. The number of nitrogens with one attached hydrogen (secondary N) is 1. The average Bonchev–Trinajstić information content (AvgIpc) is 3.19. The Morgan fingerprint density at radius 3 is 2.68 bits per heavy atom. The van der Waals surface area contributed by atoms with E-state index >= 15 is 0 Å². The average molecular weight is 457 g/mol. The summed E-state index contributed by atoms with van der Waals surface area (Å²) in [6.45, 7) is 8.74. The Balaban J connectivity index is 0.00000132. The van der Waals surface area contributed by atoms with Crippen molar-refractivity contribution in [3.05, 3.63) is 53.7 Å². The molecule has 4 rings (SSSR count). The monoisotopic (exact) mass is 456 g/mol. The summed E-state index contributed by atoms with van der Waals surface area (Å²) in [5, 5.41) is 2.55. The minimum atomic E-state index is -1.01. The van der Waals surface area contributed by atoms with Crippen LogP contribution in [0.2, 0.25) is 5.02 Å². The molecular formula is C25H29ClN2O2S. The molecular weight excluding hydrogens is 428 g/mol. The first-order valence-electron chi connectivity index (χ1n) is 10.8. The second-order valence-corrected chi connectivity index (χ2v) is 9.08. The third-order valence-corrected chi connectivity index (χ3v) is 6.47. The fourth-order valence-electron chi connectivity index (χ4n) is 3.49. The van der Waals surface area contributed by atoms with Gasteiger partial charge in [-0.2, -0.15) is 0 Å². The number of halogens is 1. The number of hydrogen-bond donors (Lipinski definition) is 1. The molecule has 1 N–H and O–H groups in total. The van der Waals surface area contributed by atoms with E-state index < -0.39 is 10.8 Å². The molecule has 0 bridgehead atoms. The zero-order valence-corrected chi connectivity index (χ0v) is 20.1. The molecule has 0 aliphatic heterocycles. The Labute approximate surface area is 191 Å². The maximum Gasteiger partial charge on any atom is 0.143 e. The first-order valence-corrected chi connectivity index (χ1v) is 12.5. The molecule has 1 unspecified atom stereocenters. The number of ether oxygens (including phenoxy) is 1. The zero-order valence-electron chi connectivity index (χ0n) is 18.5. The number of benzene rings is 2. The summed E-state index contributed by atoms with van der Waals surface area (Å²) in [5.41, 5.74) is 3.72. The van der Waals surface area contributed by atoms with Crippen LogP contribution in [0.5, 0.6) is 5.75 Å². The Morgan fingerprint density at radius 1 is 1.13 bits per heavy atom. The highest BCUT2D eigenvalue weighted by Crippen LogP contribution is 2.39. The van der Waals surface area contributed by atoms with Gasteiger partial charge in [0.15, 0.2) is 0 Å². The van der Waals surface area contributed by atoms with Gasteiger partial charge in [-0.25, -0.2) is 4.98 Å². The smallest absolute Gasteiger partial charge is 0.143 e. The van der Waals surface area contributed by atoms with Crippen LogP contribution < -0.4 is 4.74 Å². The fraction of sp³-hybridized carbons (Fsp3) is 0.320. The second kappa shape index (κ2) is 10.8. The van der Waals surface area contributed by atoms with E-state index in [4.69, 9.17) is 16.3 Å². The number of pyridine rings is 1. The van der Waals surface area contributed by atoms with Crippen molar-refractivity contribution < 1.29 is 8.95 Å². The summed E-state index contributed by atoms with van der Waals surface area (Å²) in [7, 11) is -1.01. The van der Waals surface area contributed by atoms with Crippen LogP contribution in [0.15, 0.2) is 53.6 Å². The summed E-state index contributed by atoms with van der Waals surface area (Å²) in [6, 6.07) is 13.9. The molecule has 164 valence electrons. The van der Waals surface area contributed by atoms with Crippen LogP contribution in [0, 0.1) is 0 Å². The summed E-state index contributed by atoms with van der Waals surface area (Å²) in [5.74, 6) is 1.40. The molecule has 31 heavy (non-hydrogen) atoms. The van der Waals surface area contributed by atoms with Crippen LogP contribution in [-0.2, 0) is 10.8 Å². The lowest BCUT2D eigenvalue weighted by molar-refractivity contribution is 0.312. The first kappa shape index (κ1) is 23.3. The molecule has 4 nitrogen and oxygen atoms in total. The van der Waals surface area contributed by atoms with Crippen LogP contribution in [0.25, 0.3) is 33.1 Å². The van der Waals surface area contributed by atoms with Crippen LogP contribution in [0.1, 0.15) is 40.5 Å². The summed E-state index contributed by atoms with van der Waals surface area (Å²) in [6.07, 6.45) is 3.71. The third-order valence-electron chi connectivity index (χ3n) is 4.96. The van der Waals surface area contributed by atoms with Gasteiger partial charge in [0, 0.05) is 27.6 Å². The number of unbranched alkanes of at least 4 members (excludes halogenated alkanes) is 1. The fourth-order valence-corrected chi connectivity index (χ4v) is 4.47. The molecule has 0 radical (unpaired) electrons. The SMILES string of the molecule is CC.CCCCOc1ccc(-c2cccc(S(=O)CC)c2)c2c1[nH]c1ncc(Cl)cc12. The van der Waals surface area contributed by atoms with Crippen LogP contribution in [0.4, 0.5) is 0 Å². The van der Waals surface area contributed by atoms with E-state index in [1.165, 1.54) is 0 Å². The second-order valence-electron chi connectivity index (χ2n) is 6.90. The van der Waals surface area contributed by atoms with Crippen molar-refractivity contribution in [1.29, 1.82) is 0 Å². The van der Waals surface area contributed by atoms with Gasteiger partial charge in [-0.05, 0) is 47.9 Å². The molecule has 0 saturated carbocycles. The highest BCUT2D eigenvalue weighted by Gasteiger charge is 2.16. The van der Waals surface area contributed by atoms with E-state index in [9.17, 15) is 4.21 Å². The number of H-pyrrole nitrogens is 1. The molecule has 1 atom stereocenters. The minimum absolute atomic E-state index is 0.586. The number of hydrogen-bond acceptors (Lipinski definition) is 3. The van der Waals surface area contributed by atoms with E-state index in [0.717, 1.165) is 56.5 Å². The van der Waals surface area contributed by atoms with Gasteiger partial charge in [0.1, 0.15) is 11.4 Å². The van der Waals surface area contributed by atoms with E-state index in [1.807, 2.05) is 57.2 Å². The number of aromatic nitrogens is 2. The van der Waals surface area contributed by atoms with Gasteiger partial charge < -0.3 is 9.72 Å². The molecule has 0 saturated heterocycles. The lowest BCUT2D eigenvalue weighted by Crippen LogP contribution is -1.97. The molecule has 0 aliphatic rings. The van der Waals surface area contributed by atoms with E-state index in [2.05, 4.69) is 23.0 Å². The van der Waals surface area contributed by atoms with Crippen LogP contribution in [-0.4, -0.2) is 26.5 Å².